The van der Waals surface area contributed by atoms with Gasteiger partial charge in [0.05, 0.1) is 0 Å². The van der Waals surface area contributed by atoms with Gasteiger partial charge in [0.25, 0.3) is 0 Å². The molecule has 18 heavy (non-hydrogen) atoms. The zero-order valence-electron chi connectivity index (χ0n) is 11.0. The molecule has 1 aliphatic carbocycles. The van der Waals surface area contributed by atoms with Crippen molar-refractivity contribution in [1.82, 2.24) is 4.98 Å². The van der Waals surface area contributed by atoms with Crippen molar-refractivity contribution in [2.75, 3.05) is 0 Å². The van der Waals surface area contributed by atoms with Crippen molar-refractivity contribution in [2.45, 2.75) is 32.6 Å². The molecule has 1 N–H and O–H groups in total. The van der Waals surface area contributed by atoms with Crippen LogP contribution in [0.5, 0.6) is 0 Å². The summed E-state index contributed by atoms with van der Waals surface area (Å²) in [5, 5.41) is 0. The highest BCUT2D eigenvalue weighted by Gasteiger charge is 2.23. The van der Waals surface area contributed by atoms with Crippen molar-refractivity contribution in [3.05, 3.63) is 58.9 Å². The fourth-order valence-electron chi connectivity index (χ4n) is 2.93. The predicted octanol–water partition coefficient (Wildman–Crippen LogP) is 4.62. The highest BCUT2D eigenvalue weighted by molar-refractivity contribution is 5.91. The van der Waals surface area contributed by atoms with E-state index in [0.717, 1.165) is 6.42 Å². The number of nitrogens with one attached hydrogen (secondary N) is 1. The Bertz CT molecular complexity index is 589. The van der Waals surface area contributed by atoms with Crippen molar-refractivity contribution >= 4 is 11.6 Å². The highest BCUT2D eigenvalue weighted by Crippen LogP contribution is 2.41. The van der Waals surface area contributed by atoms with Gasteiger partial charge in [-0.2, -0.15) is 0 Å². The fourth-order valence-corrected chi connectivity index (χ4v) is 2.93. The molecular weight excluding hydrogens is 218 g/mol. The first-order chi connectivity index (χ1) is 8.81. The van der Waals surface area contributed by atoms with Crippen LogP contribution in [0.1, 0.15) is 48.6 Å². The lowest BCUT2D eigenvalue weighted by Gasteiger charge is -2.12. The smallest absolute Gasteiger partial charge is 0.0451 e. The van der Waals surface area contributed by atoms with Gasteiger partial charge in [0.2, 0.25) is 0 Å². The first-order valence-electron chi connectivity index (χ1n) is 6.78. The van der Waals surface area contributed by atoms with E-state index in [9.17, 15) is 0 Å². The molecule has 1 heterocycles. The first-order valence-corrected chi connectivity index (χ1v) is 6.78. The lowest BCUT2D eigenvalue weighted by molar-refractivity contribution is 0.912. The van der Waals surface area contributed by atoms with Gasteiger partial charge >= 0.3 is 0 Å². The normalized spacial score (nSPS) is 17.7. The van der Waals surface area contributed by atoms with Gasteiger partial charge in [-0.1, -0.05) is 44.5 Å². The van der Waals surface area contributed by atoms with Crippen LogP contribution in [0.4, 0.5) is 0 Å². The summed E-state index contributed by atoms with van der Waals surface area (Å²) in [4.78, 5) is 3.43. The van der Waals surface area contributed by atoms with E-state index in [2.05, 4.69) is 61.4 Å². The van der Waals surface area contributed by atoms with Gasteiger partial charge in [-0.25, -0.2) is 0 Å². The van der Waals surface area contributed by atoms with Crippen LogP contribution < -0.4 is 0 Å². The maximum Gasteiger partial charge on any atom is 0.0451 e. The molecule has 1 aromatic heterocycles. The van der Waals surface area contributed by atoms with Crippen molar-refractivity contribution in [2.24, 2.45) is 0 Å². The topological polar surface area (TPSA) is 15.8 Å². The Labute approximate surface area is 109 Å². The Morgan fingerprint density at radius 2 is 2.00 bits per heavy atom. The average molecular weight is 237 g/mol. The van der Waals surface area contributed by atoms with E-state index in [0.29, 0.717) is 5.92 Å². The number of H-pyrrole nitrogens is 1. The van der Waals surface area contributed by atoms with Crippen LogP contribution in [-0.4, -0.2) is 4.98 Å². The molecule has 0 spiro atoms. The Hall–Kier alpha value is -1.76. The summed E-state index contributed by atoms with van der Waals surface area (Å²) in [5.41, 5.74) is 7.04. The fraction of sp³-hybridized carbons (Fsp3) is 0.294. The number of aryl methyl sites for hydroxylation is 1. The minimum Gasteiger partial charge on any atom is -0.361 e. The Kier molecular flexibility index (Phi) is 2.83. The van der Waals surface area contributed by atoms with Gasteiger partial charge in [0, 0.05) is 17.8 Å². The predicted molar refractivity (Wildman–Crippen MR) is 77.5 cm³/mol. The summed E-state index contributed by atoms with van der Waals surface area (Å²) < 4.78 is 0. The number of rotatable bonds is 3. The Morgan fingerprint density at radius 3 is 2.78 bits per heavy atom. The van der Waals surface area contributed by atoms with Crippen LogP contribution in [0.3, 0.4) is 0 Å². The summed E-state index contributed by atoms with van der Waals surface area (Å²) in [7, 11) is 0. The van der Waals surface area contributed by atoms with Crippen LogP contribution in [0.15, 0.2) is 36.5 Å². The van der Waals surface area contributed by atoms with Crippen LogP contribution >= 0.6 is 0 Å². The average Bonchev–Trinajstić information content (AvgIpc) is 2.96. The van der Waals surface area contributed by atoms with Crippen molar-refractivity contribution in [3.63, 3.8) is 0 Å². The summed E-state index contributed by atoms with van der Waals surface area (Å²) in [5.74, 6) is 0.496. The lowest BCUT2D eigenvalue weighted by Crippen LogP contribution is -1.96. The van der Waals surface area contributed by atoms with Crippen LogP contribution in [0.25, 0.3) is 11.6 Å². The molecule has 0 aliphatic heterocycles. The van der Waals surface area contributed by atoms with Gasteiger partial charge < -0.3 is 4.98 Å². The summed E-state index contributed by atoms with van der Waals surface area (Å²) >= 11 is 0. The Balaban J connectivity index is 2.02. The van der Waals surface area contributed by atoms with Crippen molar-refractivity contribution < 1.29 is 0 Å². The zero-order chi connectivity index (χ0) is 12.5. The largest absolute Gasteiger partial charge is 0.361 e. The summed E-state index contributed by atoms with van der Waals surface area (Å²) in [6, 6.07) is 10.9. The minimum absolute atomic E-state index is 0.496. The van der Waals surface area contributed by atoms with Gasteiger partial charge in [-0.15, -0.1) is 0 Å². The van der Waals surface area contributed by atoms with Gasteiger partial charge in [-0.05, 0) is 40.8 Å². The second-order valence-corrected chi connectivity index (χ2v) is 5.08. The number of benzene rings is 1. The number of aromatic nitrogens is 1. The first kappa shape index (κ1) is 11.3. The summed E-state index contributed by atoms with van der Waals surface area (Å²) in [6.45, 7) is 4.53. The molecule has 1 aliphatic rings. The molecule has 1 nitrogen and oxygen atoms in total. The van der Waals surface area contributed by atoms with Crippen LogP contribution in [0, 0.1) is 0 Å². The maximum absolute atomic E-state index is 3.43. The van der Waals surface area contributed by atoms with Gasteiger partial charge in [0.15, 0.2) is 0 Å². The minimum atomic E-state index is 0.496. The van der Waals surface area contributed by atoms with E-state index in [1.165, 1.54) is 34.4 Å². The highest BCUT2D eigenvalue weighted by atomic mass is 14.7. The third-order valence-electron chi connectivity index (χ3n) is 3.88. The van der Waals surface area contributed by atoms with Crippen LogP contribution in [-0.2, 0) is 6.42 Å². The van der Waals surface area contributed by atoms with E-state index < -0.39 is 0 Å². The molecule has 1 aromatic carbocycles. The molecular formula is C17H19N. The number of hydrogen-bond acceptors (Lipinski definition) is 0. The molecule has 92 valence electrons. The monoisotopic (exact) mass is 237 g/mol. The molecule has 0 saturated carbocycles. The van der Waals surface area contributed by atoms with E-state index in [-0.39, 0.29) is 0 Å². The molecule has 0 bridgehead atoms. The SMILES string of the molecule is CCCc1cc[nH]c1C1=Cc2ccccc2C1C. The quantitative estimate of drug-likeness (QED) is 0.801. The van der Waals surface area contributed by atoms with E-state index in [1.807, 2.05) is 0 Å². The number of fused-ring (bicyclic) bond motifs is 1. The molecule has 2 aromatic rings. The van der Waals surface area contributed by atoms with E-state index in [4.69, 9.17) is 0 Å². The van der Waals surface area contributed by atoms with Crippen LogP contribution in [0.2, 0.25) is 0 Å². The molecule has 0 radical (unpaired) electrons. The second kappa shape index (κ2) is 4.49. The summed E-state index contributed by atoms with van der Waals surface area (Å²) in [6.07, 6.45) is 6.75. The number of hydrogen-bond donors (Lipinski definition) is 1. The molecule has 1 heteroatoms. The van der Waals surface area contributed by atoms with E-state index >= 15 is 0 Å². The van der Waals surface area contributed by atoms with Crippen molar-refractivity contribution in [3.8, 4) is 0 Å². The standard InChI is InChI=1S/C17H19N/c1-3-6-13-9-10-18-17(13)16-11-14-7-4-5-8-15(14)12(16)2/h4-5,7-12,18H,3,6H2,1-2H3. The third-order valence-corrected chi connectivity index (χ3v) is 3.88. The van der Waals surface area contributed by atoms with Crippen molar-refractivity contribution in [1.29, 1.82) is 0 Å². The van der Waals surface area contributed by atoms with Gasteiger partial charge in [-0.3, -0.25) is 0 Å². The molecule has 3 rings (SSSR count). The number of allylic oxidation sites excluding steroid dienone is 1. The van der Waals surface area contributed by atoms with E-state index in [1.54, 1.807) is 0 Å². The molecule has 1 unspecified atom stereocenters. The Morgan fingerprint density at radius 1 is 1.17 bits per heavy atom. The third kappa shape index (κ3) is 1.71. The molecule has 1 atom stereocenters. The molecule has 0 fully saturated rings. The number of aromatic amines is 1. The maximum atomic E-state index is 3.43. The van der Waals surface area contributed by atoms with Gasteiger partial charge in [0.1, 0.15) is 0 Å². The molecule has 0 saturated heterocycles. The molecule has 0 amide bonds. The lowest BCUT2D eigenvalue weighted by atomic mass is 9.94. The zero-order valence-corrected chi connectivity index (χ0v) is 11.0. The second-order valence-electron chi connectivity index (χ2n) is 5.08.